The monoisotopic (exact) mass is 728 g/mol. The summed E-state index contributed by atoms with van der Waals surface area (Å²) in [5.74, 6) is 1.53. The van der Waals surface area contributed by atoms with Gasteiger partial charge in [-0.25, -0.2) is 15.5 Å². The number of rotatable bonds is 11. The minimum atomic E-state index is -0.742. The average molecular weight is 730 g/mol. The number of fused-ring (bicyclic) bond motifs is 1. The van der Waals surface area contributed by atoms with Gasteiger partial charge in [-0.3, -0.25) is 14.5 Å². The summed E-state index contributed by atoms with van der Waals surface area (Å²) in [6.45, 7) is 10.9. The van der Waals surface area contributed by atoms with Crippen LogP contribution in [-0.2, 0) is 14.3 Å². The minimum absolute atomic E-state index is 0.100. The van der Waals surface area contributed by atoms with Gasteiger partial charge in [-0.15, -0.1) is 0 Å². The zero-order valence-electron chi connectivity index (χ0n) is 29.5. The molecule has 2 heterocycles. The molecule has 49 heavy (non-hydrogen) atoms. The highest BCUT2D eigenvalue weighted by Gasteiger charge is 2.44. The Balaban J connectivity index is 0.000000633. The number of hydrazone groups is 1. The molecule has 0 bridgehead atoms. The van der Waals surface area contributed by atoms with E-state index in [4.69, 9.17) is 32.7 Å². The summed E-state index contributed by atoms with van der Waals surface area (Å²) in [7, 11) is -0.742. The van der Waals surface area contributed by atoms with Gasteiger partial charge in [0.1, 0.15) is 31.5 Å². The van der Waals surface area contributed by atoms with Crippen LogP contribution in [0.3, 0.4) is 0 Å². The smallest absolute Gasteiger partial charge is 0.259 e. The van der Waals surface area contributed by atoms with Crippen LogP contribution in [0.15, 0.2) is 90.6 Å². The first-order chi connectivity index (χ1) is 23.5. The van der Waals surface area contributed by atoms with Crippen molar-refractivity contribution in [1.82, 2.24) is 10.3 Å². The summed E-state index contributed by atoms with van der Waals surface area (Å²) in [5, 5.41) is 5.67. The maximum Gasteiger partial charge on any atom is 0.259 e. The van der Waals surface area contributed by atoms with E-state index in [-0.39, 0.29) is 25.1 Å². The summed E-state index contributed by atoms with van der Waals surface area (Å²) in [6, 6.07) is 22.2. The number of ether oxygens (including phenoxy) is 2. The van der Waals surface area contributed by atoms with Crippen molar-refractivity contribution >= 4 is 56.6 Å². The van der Waals surface area contributed by atoms with E-state index in [0.717, 1.165) is 27.7 Å². The SMILES string of the molecule is C=CCOc1ccc(C)cc1[C@@H]1C(C(=O)N(COCCS(C)(C)C)c2cccc(Cl)c2)CCC2=NNC(=O)CN21.CC.Clc1ccccc1. The first-order valence-corrected chi connectivity index (χ1v) is 20.2. The maximum atomic E-state index is 14.5. The lowest BCUT2D eigenvalue weighted by atomic mass is 9.82. The quantitative estimate of drug-likeness (QED) is 0.122. The molecule has 0 spiro atoms. The fourth-order valence-corrected chi connectivity index (χ4v) is 6.35. The molecule has 3 aromatic rings. The lowest BCUT2D eigenvalue weighted by Crippen LogP contribution is -2.54. The standard InChI is InChI=1S/C30H39ClN4O4S.C6H5Cl.C2H6/c1-6-14-39-26-12-10-21(2)17-25(26)29-24(11-13-27-32-33-28(36)19-34(27)29)30(37)35(20-38-15-16-40(3,4)5)23-9-7-8-22(31)18-23;7-6-4-2-1-3-5-6;1-2/h6-10,12,17-18,24,29H,1,11,13-16,19-20H2,2-5H3,(H,33,36);1-5H;1-2H3/t24?,29-;;/m0../s1. The predicted molar refractivity (Wildman–Crippen MR) is 207 cm³/mol. The summed E-state index contributed by atoms with van der Waals surface area (Å²) in [5.41, 5.74) is 5.13. The van der Waals surface area contributed by atoms with Crippen LogP contribution in [0.5, 0.6) is 5.75 Å². The molecule has 0 aliphatic carbocycles. The van der Waals surface area contributed by atoms with E-state index >= 15 is 0 Å². The number of hydrogen-bond donors (Lipinski definition) is 1. The Labute approximate surface area is 303 Å². The topological polar surface area (TPSA) is 83.5 Å². The molecule has 11 heteroatoms. The molecule has 3 aromatic carbocycles. The molecule has 0 aromatic heterocycles. The molecule has 0 saturated carbocycles. The number of anilines is 1. The first kappa shape index (κ1) is 39.9. The van der Waals surface area contributed by atoms with Gasteiger partial charge in [-0.1, -0.05) is 91.7 Å². The molecule has 2 amide bonds. The highest BCUT2D eigenvalue weighted by Crippen LogP contribution is 2.43. The summed E-state index contributed by atoms with van der Waals surface area (Å²) in [6.07, 6.45) is 9.51. The molecule has 2 aliphatic rings. The number of benzene rings is 3. The number of piperidine rings is 1. The van der Waals surface area contributed by atoms with E-state index in [1.54, 1.807) is 23.1 Å². The van der Waals surface area contributed by atoms with Gasteiger partial charge in [0.2, 0.25) is 5.91 Å². The third-order valence-corrected chi connectivity index (χ3v) is 9.57. The van der Waals surface area contributed by atoms with Crippen LogP contribution in [-0.4, -0.2) is 73.6 Å². The maximum absolute atomic E-state index is 14.5. The van der Waals surface area contributed by atoms with Crippen LogP contribution in [0.2, 0.25) is 10.0 Å². The Morgan fingerprint density at radius 3 is 2.41 bits per heavy atom. The second-order valence-electron chi connectivity index (χ2n) is 12.3. The number of nitrogens with zero attached hydrogens (tertiary/aromatic N) is 3. The van der Waals surface area contributed by atoms with Crippen LogP contribution in [0.25, 0.3) is 0 Å². The van der Waals surface area contributed by atoms with Crippen LogP contribution in [0.4, 0.5) is 5.69 Å². The Morgan fingerprint density at radius 1 is 1.06 bits per heavy atom. The van der Waals surface area contributed by atoms with Crippen molar-refractivity contribution in [2.45, 2.75) is 39.7 Å². The minimum Gasteiger partial charge on any atom is -0.489 e. The molecule has 2 aliphatic heterocycles. The lowest BCUT2D eigenvalue weighted by molar-refractivity contribution is -0.129. The normalized spacial score (nSPS) is 17.1. The Hall–Kier alpha value is -3.50. The molecule has 0 radical (unpaired) electrons. The highest BCUT2D eigenvalue weighted by atomic mass is 35.5. The van der Waals surface area contributed by atoms with Gasteiger partial charge in [0.15, 0.2) is 0 Å². The van der Waals surface area contributed by atoms with E-state index < -0.39 is 22.0 Å². The Bertz CT molecular complexity index is 1560. The van der Waals surface area contributed by atoms with Crippen molar-refractivity contribution in [2.75, 3.05) is 55.9 Å². The number of halogens is 2. The third kappa shape index (κ3) is 12.1. The van der Waals surface area contributed by atoms with Gasteiger partial charge in [-0.05, 0) is 68.5 Å². The molecule has 1 fully saturated rings. The average Bonchev–Trinajstić information content (AvgIpc) is 3.08. The molecule has 8 nitrogen and oxygen atoms in total. The van der Waals surface area contributed by atoms with Gasteiger partial charge in [-0.2, -0.15) is 5.10 Å². The number of carbonyl (C=O) groups is 2. The van der Waals surface area contributed by atoms with E-state index in [0.29, 0.717) is 42.5 Å². The number of amidine groups is 1. The van der Waals surface area contributed by atoms with Gasteiger partial charge >= 0.3 is 0 Å². The number of carbonyl (C=O) groups excluding carboxylic acids is 2. The highest BCUT2D eigenvalue weighted by molar-refractivity contribution is 8.32. The number of aryl methyl sites for hydroxylation is 1. The number of nitrogens with one attached hydrogen (secondary N) is 1. The van der Waals surface area contributed by atoms with Crippen LogP contribution < -0.4 is 15.1 Å². The molecule has 1 unspecified atom stereocenters. The zero-order valence-corrected chi connectivity index (χ0v) is 31.8. The second-order valence-corrected chi connectivity index (χ2v) is 17.8. The van der Waals surface area contributed by atoms with E-state index in [2.05, 4.69) is 35.9 Å². The van der Waals surface area contributed by atoms with E-state index in [1.807, 2.05) is 86.3 Å². The Morgan fingerprint density at radius 2 is 1.78 bits per heavy atom. The Kier molecular flexibility index (Phi) is 16.0. The van der Waals surface area contributed by atoms with Crippen molar-refractivity contribution in [3.05, 3.63) is 107 Å². The molecular weight excluding hydrogens is 679 g/mol. The summed E-state index contributed by atoms with van der Waals surface area (Å²) < 4.78 is 12.1. The summed E-state index contributed by atoms with van der Waals surface area (Å²) >= 11 is 11.9. The van der Waals surface area contributed by atoms with Crippen molar-refractivity contribution in [1.29, 1.82) is 0 Å². The molecule has 2 atom stereocenters. The van der Waals surface area contributed by atoms with Gasteiger partial charge < -0.3 is 14.4 Å². The molecule has 266 valence electrons. The van der Waals surface area contributed by atoms with Crippen molar-refractivity contribution in [3.8, 4) is 5.75 Å². The molecule has 1 N–H and O–H groups in total. The van der Waals surface area contributed by atoms with Crippen LogP contribution >= 0.6 is 33.2 Å². The predicted octanol–water partition coefficient (Wildman–Crippen LogP) is 8.48. The van der Waals surface area contributed by atoms with E-state index in [9.17, 15) is 9.59 Å². The largest absolute Gasteiger partial charge is 0.489 e. The fraction of sp³-hybridized carbons (Fsp3) is 0.395. The lowest BCUT2D eigenvalue weighted by Gasteiger charge is -2.45. The van der Waals surface area contributed by atoms with Crippen LogP contribution in [0.1, 0.15) is 43.9 Å². The van der Waals surface area contributed by atoms with Gasteiger partial charge in [0, 0.05) is 33.5 Å². The molecule has 5 rings (SSSR count). The van der Waals surface area contributed by atoms with Crippen molar-refractivity contribution < 1.29 is 19.1 Å². The molecular formula is C38H50Cl2N4O4S. The number of amides is 2. The zero-order chi connectivity index (χ0) is 36.0. The molecule has 1 saturated heterocycles. The van der Waals surface area contributed by atoms with Crippen molar-refractivity contribution in [3.63, 3.8) is 0 Å². The van der Waals surface area contributed by atoms with Gasteiger partial charge in [0.25, 0.3) is 5.91 Å². The van der Waals surface area contributed by atoms with Gasteiger partial charge in [0.05, 0.1) is 18.6 Å². The van der Waals surface area contributed by atoms with Crippen LogP contribution in [0, 0.1) is 12.8 Å². The van der Waals surface area contributed by atoms with Crippen molar-refractivity contribution in [2.24, 2.45) is 11.0 Å². The third-order valence-electron chi connectivity index (χ3n) is 7.69. The first-order valence-electron chi connectivity index (χ1n) is 16.4. The van der Waals surface area contributed by atoms with E-state index in [1.165, 1.54) is 0 Å². The summed E-state index contributed by atoms with van der Waals surface area (Å²) in [4.78, 5) is 30.7. The fourth-order valence-electron chi connectivity index (χ4n) is 5.40. The second kappa shape index (κ2) is 19.6. The number of hydrogen-bond acceptors (Lipinski definition) is 6.